The lowest BCUT2D eigenvalue weighted by Crippen LogP contribution is -2.22. The summed E-state index contributed by atoms with van der Waals surface area (Å²) in [6.07, 6.45) is 0. The summed E-state index contributed by atoms with van der Waals surface area (Å²) in [6.45, 7) is 6.56. The molecule has 2 nitrogen and oxygen atoms in total. The highest BCUT2D eigenvalue weighted by atomic mass is 35.5. The topological polar surface area (TPSA) is 21.3 Å². The summed E-state index contributed by atoms with van der Waals surface area (Å²) in [6, 6.07) is 13.0. The van der Waals surface area contributed by atoms with E-state index in [4.69, 9.17) is 16.3 Å². The third-order valence-electron chi connectivity index (χ3n) is 3.88. The molecular weight excluding hydrogens is 282 g/mol. The van der Waals surface area contributed by atoms with Crippen molar-refractivity contribution in [2.45, 2.75) is 33.1 Å². The number of benzene rings is 2. The molecule has 1 unspecified atom stereocenters. The van der Waals surface area contributed by atoms with Crippen LogP contribution in [0.4, 0.5) is 0 Å². The van der Waals surface area contributed by atoms with E-state index in [1.54, 1.807) is 0 Å². The Bertz CT molecular complexity index is 633. The van der Waals surface area contributed by atoms with Gasteiger partial charge in [0.25, 0.3) is 0 Å². The monoisotopic (exact) mass is 301 g/mol. The molecule has 1 heterocycles. The predicted octanol–water partition coefficient (Wildman–Crippen LogP) is 4.38. The molecule has 3 heteroatoms. The van der Waals surface area contributed by atoms with Gasteiger partial charge in [-0.3, -0.25) is 0 Å². The van der Waals surface area contributed by atoms with E-state index in [1.165, 1.54) is 27.8 Å². The van der Waals surface area contributed by atoms with Gasteiger partial charge < -0.3 is 10.1 Å². The van der Waals surface area contributed by atoms with Crippen molar-refractivity contribution in [2.24, 2.45) is 0 Å². The van der Waals surface area contributed by atoms with Crippen LogP contribution in [0.3, 0.4) is 0 Å². The van der Waals surface area contributed by atoms with Gasteiger partial charge in [-0.1, -0.05) is 42.8 Å². The van der Waals surface area contributed by atoms with Gasteiger partial charge in [-0.2, -0.15) is 0 Å². The van der Waals surface area contributed by atoms with Gasteiger partial charge in [0.05, 0.1) is 19.3 Å². The first-order chi connectivity index (χ1) is 10.2. The van der Waals surface area contributed by atoms with E-state index in [0.29, 0.717) is 0 Å². The van der Waals surface area contributed by atoms with Crippen molar-refractivity contribution in [3.63, 3.8) is 0 Å². The molecule has 0 amide bonds. The lowest BCUT2D eigenvalue weighted by molar-refractivity contribution is 0.134. The Balaban J connectivity index is 2.01. The Morgan fingerprint density at radius 3 is 2.67 bits per heavy atom. The standard InChI is InChI=1S/C18H20ClNO/c1-3-20-18(15-6-12(2)7-17(19)9-15)13-4-5-14-10-21-11-16(14)8-13/h4-9,18,20H,3,10-11H2,1-2H3. The molecule has 2 aromatic rings. The molecule has 0 aromatic heterocycles. The van der Waals surface area contributed by atoms with Crippen LogP contribution in [-0.4, -0.2) is 6.54 Å². The molecule has 0 bridgehead atoms. The van der Waals surface area contributed by atoms with Crippen molar-refractivity contribution in [3.8, 4) is 0 Å². The molecule has 2 aromatic carbocycles. The first kappa shape index (κ1) is 14.6. The van der Waals surface area contributed by atoms with Gasteiger partial charge in [-0.15, -0.1) is 0 Å². The van der Waals surface area contributed by atoms with Crippen LogP contribution in [0.5, 0.6) is 0 Å². The quantitative estimate of drug-likeness (QED) is 0.905. The highest BCUT2D eigenvalue weighted by molar-refractivity contribution is 6.30. The minimum atomic E-state index is 0.165. The first-order valence-electron chi connectivity index (χ1n) is 7.37. The van der Waals surface area contributed by atoms with E-state index in [0.717, 1.165) is 24.8 Å². The molecular formula is C18H20ClNO. The van der Waals surface area contributed by atoms with E-state index >= 15 is 0 Å². The van der Waals surface area contributed by atoms with E-state index < -0.39 is 0 Å². The van der Waals surface area contributed by atoms with Crippen LogP contribution in [-0.2, 0) is 18.0 Å². The second-order valence-electron chi connectivity index (χ2n) is 5.57. The van der Waals surface area contributed by atoms with E-state index in [-0.39, 0.29) is 6.04 Å². The van der Waals surface area contributed by atoms with Gasteiger partial charge in [0.1, 0.15) is 0 Å². The number of halogens is 1. The number of nitrogens with one attached hydrogen (secondary N) is 1. The Morgan fingerprint density at radius 2 is 1.90 bits per heavy atom. The summed E-state index contributed by atoms with van der Waals surface area (Å²) in [7, 11) is 0. The molecule has 1 aliphatic heterocycles. The van der Waals surface area contributed by atoms with Crippen LogP contribution < -0.4 is 5.32 Å². The number of rotatable bonds is 4. The zero-order valence-corrected chi connectivity index (χ0v) is 13.2. The van der Waals surface area contributed by atoms with Gasteiger partial charge in [0.15, 0.2) is 0 Å². The fraction of sp³-hybridized carbons (Fsp3) is 0.333. The Morgan fingerprint density at radius 1 is 1.10 bits per heavy atom. The summed E-state index contributed by atoms with van der Waals surface area (Å²) < 4.78 is 5.51. The highest BCUT2D eigenvalue weighted by Crippen LogP contribution is 2.29. The largest absolute Gasteiger partial charge is 0.372 e. The van der Waals surface area contributed by atoms with Crippen LogP contribution >= 0.6 is 11.6 Å². The maximum atomic E-state index is 6.23. The molecule has 110 valence electrons. The van der Waals surface area contributed by atoms with Gasteiger partial charge >= 0.3 is 0 Å². The minimum absolute atomic E-state index is 0.165. The average molecular weight is 302 g/mol. The SMILES string of the molecule is CCNC(c1cc(C)cc(Cl)c1)c1ccc2c(c1)COC2. The maximum absolute atomic E-state index is 6.23. The van der Waals surface area contributed by atoms with Gasteiger partial charge in [-0.25, -0.2) is 0 Å². The molecule has 0 fully saturated rings. The second-order valence-corrected chi connectivity index (χ2v) is 6.01. The first-order valence-corrected chi connectivity index (χ1v) is 7.75. The smallest absolute Gasteiger partial charge is 0.0725 e. The molecule has 1 aliphatic rings. The van der Waals surface area contributed by atoms with E-state index in [9.17, 15) is 0 Å². The average Bonchev–Trinajstić information content (AvgIpc) is 2.91. The Hall–Kier alpha value is -1.35. The minimum Gasteiger partial charge on any atom is -0.372 e. The van der Waals surface area contributed by atoms with Crippen molar-refractivity contribution in [1.29, 1.82) is 0 Å². The van der Waals surface area contributed by atoms with Gasteiger partial charge in [0, 0.05) is 5.02 Å². The lowest BCUT2D eigenvalue weighted by atomic mass is 9.94. The molecule has 0 aliphatic carbocycles. The molecule has 1 N–H and O–H groups in total. The second kappa shape index (κ2) is 6.18. The van der Waals surface area contributed by atoms with Crippen LogP contribution in [0.15, 0.2) is 36.4 Å². The molecule has 0 radical (unpaired) electrons. The number of hydrogen-bond donors (Lipinski definition) is 1. The molecule has 3 rings (SSSR count). The van der Waals surface area contributed by atoms with Crippen LogP contribution in [0.1, 0.15) is 40.8 Å². The summed E-state index contributed by atoms with van der Waals surface area (Å²) in [5.74, 6) is 0. The Labute approximate surface area is 131 Å². The van der Waals surface area contributed by atoms with Crippen molar-refractivity contribution < 1.29 is 4.74 Å². The molecule has 0 spiro atoms. The zero-order valence-electron chi connectivity index (χ0n) is 12.4. The zero-order chi connectivity index (χ0) is 14.8. The summed E-state index contributed by atoms with van der Waals surface area (Å²) in [4.78, 5) is 0. The number of fused-ring (bicyclic) bond motifs is 1. The fourth-order valence-electron chi connectivity index (χ4n) is 2.94. The summed E-state index contributed by atoms with van der Waals surface area (Å²) >= 11 is 6.23. The summed E-state index contributed by atoms with van der Waals surface area (Å²) in [5, 5.41) is 4.35. The van der Waals surface area contributed by atoms with Crippen molar-refractivity contribution >= 4 is 11.6 Å². The Kier molecular flexibility index (Phi) is 4.29. The maximum Gasteiger partial charge on any atom is 0.0725 e. The molecule has 0 saturated carbocycles. The number of aryl methyl sites for hydroxylation is 1. The third-order valence-corrected chi connectivity index (χ3v) is 4.10. The number of hydrogen-bond acceptors (Lipinski definition) is 2. The molecule has 0 saturated heterocycles. The third kappa shape index (κ3) is 3.13. The molecule has 1 atom stereocenters. The van der Waals surface area contributed by atoms with E-state index in [2.05, 4.69) is 43.4 Å². The van der Waals surface area contributed by atoms with Gasteiger partial charge in [-0.05, 0) is 53.4 Å². The van der Waals surface area contributed by atoms with Crippen molar-refractivity contribution in [3.05, 3.63) is 69.2 Å². The number of ether oxygens (including phenoxy) is 1. The van der Waals surface area contributed by atoms with Crippen LogP contribution in [0.2, 0.25) is 5.02 Å². The van der Waals surface area contributed by atoms with Crippen molar-refractivity contribution in [1.82, 2.24) is 5.32 Å². The highest BCUT2D eigenvalue weighted by Gasteiger charge is 2.18. The predicted molar refractivity (Wildman–Crippen MR) is 86.6 cm³/mol. The normalized spacial score (nSPS) is 15.0. The summed E-state index contributed by atoms with van der Waals surface area (Å²) in [5.41, 5.74) is 6.26. The fourth-order valence-corrected chi connectivity index (χ4v) is 3.23. The van der Waals surface area contributed by atoms with Gasteiger partial charge in [0.2, 0.25) is 0 Å². The van der Waals surface area contributed by atoms with E-state index in [1.807, 2.05) is 12.1 Å². The lowest BCUT2D eigenvalue weighted by Gasteiger charge is -2.20. The van der Waals surface area contributed by atoms with Crippen molar-refractivity contribution in [2.75, 3.05) is 6.54 Å². The van der Waals surface area contributed by atoms with Crippen LogP contribution in [0.25, 0.3) is 0 Å². The van der Waals surface area contributed by atoms with Crippen LogP contribution in [0, 0.1) is 6.92 Å². The molecule has 21 heavy (non-hydrogen) atoms.